The largest absolute Gasteiger partial charge is 0.497 e. The molecular formula is C22H19NO2. The molecule has 1 aliphatic heterocycles. The van der Waals surface area contributed by atoms with Crippen LogP contribution in [0.2, 0.25) is 0 Å². The Balaban J connectivity index is 1.76. The van der Waals surface area contributed by atoms with Crippen molar-refractivity contribution in [1.29, 1.82) is 0 Å². The van der Waals surface area contributed by atoms with Gasteiger partial charge in [-0.2, -0.15) is 0 Å². The van der Waals surface area contributed by atoms with Crippen LogP contribution in [0.1, 0.15) is 23.1 Å². The van der Waals surface area contributed by atoms with E-state index in [1.54, 1.807) is 7.11 Å². The maximum absolute atomic E-state index is 13.0. The summed E-state index contributed by atoms with van der Waals surface area (Å²) >= 11 is 0. The molecule has 1 aliphatic rings. The maximum Gasteiger partial charge on any atom is 0.237 e. The molecule has 0 saturated carbocycles. The fraction of sp³-hybridized carbons (Fsp3) is 0.136. The van der Waals surface area contributed by atoms with Gasteiger partial charge in [-0.3, -0.25) is 4.79 Å². The zero-order valence-corrected chi connectivity index (χ0v) is 14.0. The summed E-state index contributed by atoms with van der Waals surface area (Å²) in [6.45, 7) is 0. The summed E-state index contributed by atoms with van der Waals surface area (Å²) in [4.78, 5) is 14.9. The number of nitrogens with zero attached hydrogens (tertiary/aromatic N) is 1. The molecule has 1 heterocycles. The Morgan fingerprint density at radius 2 is 1.36 bits per heavy atom. The first-order valence-electron chi connectivity index (χ1n) is 8.36. The second-order valence-corrected chi connectivity index (χ2v) is 6.15. The number of para-hydroxylation sites is 1. The van der Waals surface area contributed by atoms with Gasteiger partial charge in [0, 0.05) is 5.69 Å². The fourth-order valence-electron chi connectivity index (χ4n) is 3.49. The number of anilines is 1. The first kappa shape index (κ1) is 15.5. The molecule has 1 amide bonds. The van der Waals surface area contributed by atoms with E-state index in [1.165, 1.54) is 0 Å². The highest BCUT2D eigenvalue weighted by molar-refractivity contribution is 6.06. The molecular weight excluding hydrogens is 310 g/mol. The van der Waals surface area contributed by atoms with Crippen LogP contribution in [0.15, 0.2) is 84.9 Å². The quantitative estimate of drug-likeness (QED) is 0.656. The molecule has 0 aromatic heterocycles. The molecule has 0 N–H and O–H groups in total. The molecule has 0 bridgehead atoms. The predicted molar refractivity (Wildman–Crippen MR) is 98.8 cm³/mol. The van der Waals surface area contributed by atoms with Gasteiger partial charge >= 0.3 is 0 Å². The highest BCUT2D eigenvalue weighted by Gasteiger charge is 2.49. The van der Waals surface area contributed by atoms with Gasteiger partial charge in [0.15, 0.2) is 0 Å². The molecule has 1 saturated heterocycles. The molecule has 3 aromatic rings. The molecule has 3 heteroatoms. The Morgan fingerprint density at radius 1 is 0.760 bits per heavy atom. The number of rotatable bonds is 4. The second-order valence-electron chi connectivity index (χ2n) is 6.15. The molecule has 2 atom stereocenters. The van der Waals surface area contributed by atoms with Crippen LogP contribution in [0, 0.1) is 0 Å². The predicted octanol–water partition coefficient (Wildman–Crippen LogP) is 4.57. The number of ether oxygens (including phenoxy) is 1. The first-order chi connectivity index (χ1) is 12.3. The number of hydrogen-bond acceptors (Lipinski definition) is 2. The summed E-state index contributed by atoms with van der Waals surface area (Å²) in [7, 11) is 1.66. The molecule has 0 spiro atoms. The summed E-state index contributed by atoms with van der Waals surface area (Å²) in [5.41, 5.74) is 3.10. The Morgan fingerprint density at radius 3 is 1.96 bits per heavy atom. The molecule has 25 heavy (non-hydrogen) atoms. The summed E-state index contributed by atoms with van der Waals surface area (Å²) in [6.07, 6.45) is 0. The Kier molecular flexibility index (Phi) is 3.98. The number of methoxy groups -OCH3 is 1. The normalized spacial score (nSPS) is 19.4. The summed E-state index contributed by atoms with van der Waals surface area (Å²) in [6, 6.07) is 27.8. The lowest BCUT2D eigenvalue weighted by molar-refractivity contribution is -0.126. The minimum Gasteiger partial charge on any atom is -0.497 e. The van der Waals surface area contributed by atoms with Crippen molar-refractivity contribution in [2.45, 2.75) is 12.0 Å². The Labute approximate surface area is 147 Å². The van der Waals surface area contributed by atoms with Crippen LogP contribution in [-0.4, -0.2) is 13.0 Å². The molecule has 3 nitrogen and oxygen atoms in total. The van der Waals surface area contributed by atoms with Crippen molar-refractivity contribution < 1.29 is 9.53 Å². The number of benzene rings is 3. The third kappa shape index (κ3) is 2.68. The number of hydrogen-bond donors (Lipinski definition) is 0. The van der Waals surface area contributed by atoms with Gasteiger partial charge < -0.3 is 9.64 Å². The van der Waals surface area contributed by atoms with Gasteiger partial charge in [0.25, 0.3) is 0 Å². The van der Waals surface area contributed by atoms with Crippen LogP contribution in [0.4, 0.5) is 5.69 Å². The SMILES string of the molecule is COc1ccc([C@H]2[C@H](c3ccccc3)C(=O)N2c2ccccc2)cc1. The standard InChI is InChI=1S/C22H19NO2/c1-25-19-14-12-17(13-15-19)21-20(16-8-4-2-5-9-16)22(24)23(21)18-10-6-3-7-11-18/h2-15,20-21H,1H3/t20-,21-/m0/s1. The van der Waals surface area contributed by atoms with Gasteiger partial charge in [0.05, 0.1) is 19.1 Å². The van der Waals surface area contributed by atoms with Crippen molar-refractivity contribution in [2.75, 3.05) is 12.0 Å². The lowest BCUT2D eigenvalue weighted by atomic mass is 9.77. The van der Waals surface area contributed by atoms with Crippen molar-refractivity contribution in [3.05, 3.63) is 96.1 Å². The first-order valence-corrected chi connectivity index (χ1v) is 8.36. The second kappa shape index (κ2) is 6.44. The van der Waals surface area contributed by atoms with E-state index in [0.717, 1.165) is 22.6 Å². The van der Waals surface area contributed by atoms with Crippen molar-refractivity contribution in [3.8, 4) is 5.75 Å². The van der Waals surface area contributed by atoms with E-state index in [9.17, 15) is 4.79 Å². The van der Waals surface area contributed by atoms with Gasteiger partial charge in [0.1, 0.15) is 5.75 Å². The van der Waals surface area contributed by atoms with E-state index in [4.69, 9.17) is 4.74 Å². The Hall–Kier alpha value is -3.07. The van der Waals surface area contributed by atoms with E-state index >= 15 is 0 Å². The minimum absolute atomic E-state index is 0.0109. The summed E-state index contributed by atoms with van der Waals surface area (Å²) < 4.78 is 5.26. The van der Waals surface area contributed by atoms with Gasteiger partial charge in [-0.1, -0.05) is 60.7 Å². The zero-order chi connectivity index (χ0) is 17.2. The van der Waals surface area contributed by atoms with Crippen LogP contribution in [0.5, 0.6) is 5.75 Å². The van der Waals surface area contributed by atoms with Crippen molar-refractivity contribution in [3.63, 3.8) is 0 Å². The van der Waals surface area contributed by atoms with Crippen LogP contribution < -0.4 is 9.64 Å². The smallest absolute Gasteiger partial charge is 0.237 e. The molecule has 0 aliphatic carbocycles. The number of amides is 1. The number of carbonyl (C=O) groups is 1. The highest BCUT2D eigenvalue weighted by Crippen LogP contribution is 2.48. The van der Waals surface area contributed by atoms with Crippen LogP contribution >= 0.6 is 0 Å². The molecule has 1 fully saturated rings. The Bertz CT molecular complexity index is 810. The van der Waals surface area contributed by atoms with Crippen LogP contribution in [-0.2, 0) is 4.79 Å². The zero-order valence-electron chi connectivity index (χ0n) is 14.0. The third-order valence-electron chi connectivity index (χ3n) is 4.75. The average molecular weight is 329 g/mol. The molecule has 124 valence electrons. The lowest BCUT2D eigenvalue weighted by Gasteiger charge is -2.47. The topological polar surface area (TPSA) is 29.5 Å². The fourth-order valence-corrected chi connectivity index (χ4v) is 3.49. The van der Waals surface area contributed by atoms with Crippen LogP contribution in [0.25, 0.3) is 0 Å². The number of β-lactam (4-membered cyclic amide) rings is 1. The van der Waals surface area contributed by atoms with E-state index in [0.29, 0.717) is 0 Å². The minimum atomic E-state index is -0.158. The van der Waals surface area contributed by atoms with Crippen molar-refractivity contribution >= 4 is 11.6 Å². The van der Waals surface area contributed by atoms with Crippen molar-refractivity contribution in [1.82, 2.24) is 0 Å². The van der Waals surface area contributed by atoms with Gasteiger partial charge in [0.2, 0.25) is 5.91 Å². The van der Waals surface area contributed by atoms with E-state index in [2.05, 4.69) is 0 Å². The molecule has 4 rings (SSSR count). The molecule has 0 radical (unpaired) electrons. The van der Waals surface area contributed by atoms with Crippen LogP contribution in [0.3, 0.4) is 0 Å². The number of carbonyl (C=O) groups excluding carboxylic acids is 1. The van der Waals surface area contributed by atoms with Gasteiger partial charge in [-0.25, -0.2) is 0 Å². The maximum atomic E-state index is 13.0. The molecule has 0 unspecified atom stereocenters. The lowest BCUT2D eigenvalue weighted by Crippen LogP contribution is -2.53. The van der Waals surface area contributed by atoms with E-state index in [-0.39, 0.29) is 17.9 Å². The molecule has 3 aromatic carbocycles. The van der Waals surface area contributed by atoms with E-state index < -0.39 is 0 Å². The highest BCUT2D eigenvalue weighted by atomic mass is 16.5. The summed E-state index contributed by atoms with van der Waals surface area (Å²) in [5, 5.41) is 0. The van der Waals surface area contributed by atoms with Crippen molar-refractivity contribution in [2.24, 2.45) is 0 Å². The average Bonchev–Trinajstić information content (AvgIpc) is 2.68. The third-order valence-corrected chi connectivity index (χ3v) is 4.75. The van der Waals surface area contributed by atoms with E-state index in [1.807, 2.05) is 89.8 Å². The monoisotopic (exact) mass is 329 g/mol. The van der Waals surface area contributed by atoms with Gasteiger partial charge in [-0.15, -0.1) is 0 Å². The summed E-state index contributed by atoms with van der Waals surface area (Å²) in [5.74, 6) is 0.796. The van der Waals surface area contributed by atoms with Gasteiger partial charge in [-0.05, 0) is 35.4 Å².